The average molecular weight is 368 g/mol. The third-order valence-electron chi connectivity index (χ3n) is 3.78. The number of carbonyl (C=O) groups is 1. The summed E-state index contributed by atoms with van der Waals surface area (Å²) in [6.07, 6.45) is 1.59. The number of nitrogens with one attached hydrogen (secondary N) is 1. The van der Waals surface area contributed by atoms with Crippen molar-refractivity contribution in [3.05, 3.63) is 70.7 Å². The van der Waals surface area contributed by atoms with E-state index in [4.69, 9.17) is 34.8 Å². The van der Waals surface area contributed by atoms with Gasteiger partial charge in [0.2, 0.25) is 0 Å². The van der Waals surface area contributed by atoms with Crippen molar-refractivity contribution in [2.45, 2.75) is 10.3 Å². The standard InChI is InChI=1S/C17H13Cl3N2O/c18-13-8-6-12(7-9-13)16(23)22-21-10-14-15(17(14,19)20)11-4-2-1-3-5-11/h1-10,14-15H,(H,22,23). The molecular formula is C17H13Cl3N2O. The highest BCUT2D eigenvalue weighted by Crippen LogP contribution is 2.63. The molecule has 23 heavy (non-hydrogen) atoms. The summed E-state index contributed by atoms with van der Waals surface area (Å²) in [5.41, 5.74) is 4.00. The lowest BCUT2D eigenvalue weighted by atomic mass is 10.1. The number of benzene rings is 2. The van der Waals surface area contributed by atoms with Crippen LogP contribution in [0.2, 0.25) is 5.02 Å². The molecule has 1 saturated carbocycles. The Hall–Kier alpha value is -1.55. The van der Waals surface area contributed by atoms with Gasteiger partial charge in [0.05, 0.1) is 0 Å². The van der Waals surface area contributed by atoms with Crippen molar-refractivity contribution in [3.8, 4) is 0 Å². The van der Waals surface area contributed by atoms with Gasteiger partial charge in [-0.2, -0.15) is 5.10 Å². The molecule has 3 nitrogen and oxygen atoms in total. The Labute approximate surface area is 149 Å². The molecule has 1 fully saturated rings. The summed E-state index contributed by atoms with van der Waals surface area (Å²) in [4.78, 5) is 11.9. The topological polar surface area (TPSA) is 41.5 Å². The van der Waals surface area contributed by atoms with E-state index in [1.54, 1.807) is 30.5 Å². The second-order valence-corrected chi connectivity index (χ2v) is 7.20. The Bertz CT molecular complexity index is 729. The van der Waals surface area contributed by atoms with E-state index >= 15 is 0 Å². The third-order valence-corrected chi connectivity index (χ3v) is 5.00. The van der Waals surface area contributed by atoms with Crippen LogP contribution >= 0.6 is 34.8 Å². The fourth-order valence-electron chi connectivity index (χ4n) is 2.47. The number of amides is 1. The van der Waals surface area contributed by atoms with Gasteiger partial charge in [0, 0.05) is 28.6 Å². The largest absolute Gasteiger partial charge is 0.271 e. The van der Waals surface area contributed by atoms with Gasteiger partial charge in [0.25, 0.3) is 5.91 Å². The second-order valence-electron chi connectivity index (χ2n) is 5.31. The average Bonchev–Trinajstić information content (AvgIpc) is 3.09. The quantitative estimate of drug-likeness (QED) is 0.477. The Morgan fingerprint density at radius 1 is 1.09 bits per heavy atom. The molecule has 0 aromatic heterocycles. The number of hydrogen-bond donors (Lipinski definition) is 1. The molecule has 0 heterocycles. The number of hydrogen-bond acceptors (Lipinski definition) is 2. The summed E-state index contributed by atoms with van der Waals surface area (Å²) < 4.78 is -0.893. The SMILES string of the molecule is O=C(NN=CC1C(c2ccccc2)C1(Cl)Cl)c1ccc(Cl)cc1. The van der Waals surface area contributed by atoms with Gasteiger partial charge in [-0.1, -0.05) is 41.9 Å². The molecule has 3 rings (SSSR count). The van der Waals surface area contributed by atoms with E-state index in [1.165, 1.54) is 0 Å². The molecule has 2 aromatic carbocycles. The van der Waals surface area contributed by atoms with Crippen molar-refractivity contribution >= 4 is 46.9 Å². The fraction of sp³-hybridized carbons (Fsp3) is 0.176. The first-order valence-corrected chi connectivity index (χ1v) is 8.15. The fourth-order valence-corrected chi connectivity index (χ4v) is 3.36. The lowest BCUT2D eigenvalue weighted by Gasteiger charge is -1.99. The van der Waals surface area contributed by atoms with Crippen molar-refractivity contribution in [1.29, 1.82) is 0 Å². The van der Waals surface area contributed by atoms with Gasteiger partial charge in [0.15, 0.2) is 0 Å². The zero-order valence-corrected chi connectivity index (χ0v) is 14.2. The molecule has 1 aliphatic carbocycles. The number of hydrazone groups is 1. The summed E-state index contributed by atoms with van der Waals surface area (Å²) in [5, 5.41) is 4.55. The van der Waals surface area contributed by atoms with Gasteiger partial charge in [-0.05, 0) is 29.8 Å². The minimum Gasteiger partial charge on any atom is -0.267 e. The molecule has 0 bridgehead atoms. The Morgan fingerprint density at radius 2 is 1.74 bits per heavy atom. The van der Waals surface area contributed by atoms with E-state index in [1.807, 2.05) is 30.3 Å². The van der Waals surface area contributed by atoms with Crippen LogP contribution in [0.25, 0.3) is 0 Å². The Morgan fingerprint density at radius 3 is 2.39 bits per heavy atom. The molecule has 2 unspecified atom stereocenters. The predicted molar refractivity (Wildman–Crippen MR) is 94.5 cm³/mol. The van der Waals surface area contributed by atoms with E-state index < -0.39 is 4.33 Å². The maximum absolute atomic E-state index is 11.9. The molecule has 0 aliphatic heterocycles. The van der Waals surface area contributed by atoms with Crippen LogP contribution in [0.4, 0.5) is 0 Å². The molecule has 6 heteroatoms. The number of rotatable bonds is 4. The number of carbonyl (C=O) groups excluding carboxylic acids is 1. The minimum atomic E-state index is -0.893. The van der Waals surface area contributed by atoms with Crippen LogP contribution < -0.4 is 5.43 Å². The van der Waals surface area contributed by atoms with Crippen LogP contribution in [-0.2, 0) is 0 Å². The highest BCUT2D eigenvalue weighted by Gasteiger charge is 2.63. The van der Waals surface area contributed by atoms with Gasteiger partial charge in [-0.25, -0.2) is 5.43 Å². The maximum atomic E-state index is 11.9. The number of halogens is 3. The van der Waals surface area contributed by atoms with Crippen LogP contribution in [0.3, 0.4) is 0 Å². The molecule has 118 valence electrons. The Kier molecular flexibility index (Phi) is 4.62. The van der Waals surface area contributed by atoms with E-state index in [0.717, 1.165) is 5.56 Å². The molecule has 0 saturated heterocycles. The minimum absolute atomic E-state index is 0.0248. The number of alkyl halides is 2. The third kappa shape index (κ3) is 3.52. The van der Waals surface area contributed by atoms with E-state index in [-0.39, 0.29) is 17.7 Å². The molecule has 1 N–H and O–H groups in total. The molecule has 2 atom stereocenters. The van der Waals surface area contributed by atoms with Gasteiger partial charge in [-0.15, -0.1) is 23.2 Å². The zero-order valence-electron chi connectivity index (χ0n) is 11.9. The van der Waals surface area contributed by atoms with Crippen LogP contribution in [0.15, 0.2) is 59.7 Å². The summed E-state index contributed by atoms with van der Waals surface area (Å²) in [7, 11) is 0. The van der Waals surface area contributed by atoms with Gasteiger partial charge < -0.3 is 0 Å². The first kappa shape index (κ1) is 16.3. The van der Waals surface area contributed by atoms with Crippen LogP contribution in [0.5, 0.6) is 0 Å². The van der Waals surface area contributed by atoms with Crippen LogP contribution in [-0.4, -0.2) is 16.5 Å². The maximum Gasteiger partial charge on any atom is 0.271 e. The predicted octanol–water partition coefficient (Wildman–Crippen LogP) is 4.64. The Balaban J connectivity index is 1.62. The summed E-state index contributed by atoms with van der Waals surface area (Å²) in [5.74, 6) is -0.480. The van der Waals surface area contributed by atoms with Gasteiger partial charge in [-0.3, -0.25) is 4.79 Å². The molecule has 0 radical (unpaired) electrons. The second kappa shape index (κ2) is 6.52. The monoisotopic (exact) mass is 366 g/mol. The normalized spacial score (nSPS) is 22.0. The highest BCUT2D eigenvalue weighted by atomic mass is 35.5. The molecule has 1 aliphatic rings. The van der Waals surface area contributed by atoms with Crippen molar-refractivity contribution in [2.75, 3.05) is 0 Å². The van der Waals surface area contributed by atoms with E-state index in [2.05, 4.69) is 10.5 Å². The van der Waals surface area contributed by atoms with Crippen molar-refractivity contribution in [3.63, 3.8) is 0 Å². The molecule has 0 spiro atoms. The first-order chi connectivity index (χ1) is 11.0. The molecule has 2 aromatic rings. The highest BCUT2D eigenvalue weighted by molar-refractivity contribution is 6.53. The summed E-state index contributed by atoms with van der Waals surface area (Å²) >= 11 is 18.4. The smallest absolute Gasteiger partial charge is 0.267 e. The van der Waals surface area contributed by atoms with Gasteiger partial charge in [0.1, 0.15) is 4.33 Å². The van der Waals surface area contributed by atoms with Crippen molar-refractivity contribution < 1.29 is 4.79 Å². The van der Waals surface area contributed by atoms with Crippen molar-refractivity contribution in [2.24, 2.45) is 11.0 Å². The first-order valence-electron chi connectivity index (χ1n) is 7.02. The lowest BCUT2D eigenvalue weighted by molar-refractivity contribution is 0.0955. The summed E-state index contributed by atoms with van der Waals surface area (Å²) in [6, 6.07) is 16.3. The van der Waals surface area contributed by atoms with E-state index in [0.29, 0.717) is 10.6 Å². The van der Waals surface area contributed by atoms with Crippen LogP contribution in [0.1, 0.15) is 21.8 Å². The van der Waals surface area contributed by atoms with Gasteiger partial charge >= 0.3 is 0 Å². The molecular weight excluding hydrogens is 355 g/mol. The van der Waals surface area contributed by atoms with Crippen LogP contribution in [0, 0.1) is 5.92 Å². The zero-order chi connectivity index (χ0) is 16.4. The molecule has 1 amide bonds. The van der Waals surface area contributed by atoms with Crippen molar-refractivity contribution in [1.82, 2.24) is 5.43 Å². The van der Waals surface area contributed by atoms with E-state index in [9.17, 15) is 4.79 Å². The lowest BCUT2D eigenvalue weighted by Crippen LogP contribution is -2.17. The number of nitrogens with zero attached hydrogens (tertiary/aromatic N) is 1. The summed E-state index contributed by atoms with van der Waals surface area (Å²) in [6.45, 7) is 0.